The summed E-state index contributed by atoms with van der Waals surface area (Å²) in [6, 6.07) is 5.31. The Hall–Kier alpha value is -1.26. The minimum Gasteiger partial charge on any atom is -0.504 e. The minimum absolute atomic E-state index is 0.00386. The molecule has 1 rings (SSSR count). The fourth-order valence-electron chi connectivity index (χ4n) is 1.64. The van der Waals surface area contributed by atoms with Crippen molar-refractivity contribution in [3.63, 3.8) is 0 Å². The predicted molar refractivity (Wildman–Crippen MR) is 67.4 cm³/mol. The van der Waals surface area contributed by atoms with E-state index in [9.17, 15) is 10.2 Å². The van der Waals surface area contributed by atoms with E-state index in [1.807, 2.05) is 6.07 Å². The Morgan fingerprint density at radius 3 is 2.59 bits per heavy atom. The lowest BCUT2D eigenvalue weighted by Gasteiger charge is -2.21. The molecule has 4 nitrogen and oxygen atoms in total. The Morgan fingerprint density at radius 1 is 1.41 bits per heavy atom. The fourth-order valence-corrected chi connectivity index (χ4v) is 1.64. The van der Waals surface area contributed by atoms with Crippen molar-refractivity contribution in [1.29, 1.82) is 0 Å². The van der Waals surface area contributed by atoms with Gasteiger partial charge < -0.3 is 20.3 Å². The Kier molecular flexibility index (Phi) is 5.25. The summed E-state index contributed by atoms with van der Waals surface area (Å²) in [4.78, 5) is 0. The van der Waals surface area contributed by atoms with Crippen molar-refractivity contribution >= 4 is 0 Å². The molecule has 17 heavy (non-hydrogen) atoms. The highest BCUT2D eigenvalue weighted by atomic mass is 16.5. The molecule has 0 fully saturated rings. The monoisotopic (exact) mass is 239 g/mol. The molecule has 0 saturated heterocycles. The number of aromatic hydroxyl groups is 1. The number of hydrogen-bond donors (Lipinski definition) is 3. The number of nitrogens with one attached hydrogen (secondary N) is 1. The van der Waals surface area contributed by atoms with Crippen LogP contribution in [0.2, 0.25) is 0 Å². The molecule has 0 aromatic heterocycles. The third kappa shape index (κ3) is 3.61. The van der Waals surface area contributed by atoms with E-state index in [0.717, 1.165) is 12.0 Å². The first-order chi connectivity index (χ1) is 8.12. The predicted octanol–water partition coefficient (Wildman–Crippen LogP) is 1.82. The second kappa shape index (κ2) is 6.47. The van der Waals surface area contributed by atoms with Gasteiger partial charge in [0.2, 0.25) is 0 Å². The SMILES string of the molecule is CCC(C)NC(CO)c1ccc(OC)c(O)c1. The molecule has 0 saturated carbocycles. The highest BCUT2D eigenvalue weighted by Gasteiger charge is 2.14. The molecule has 0 heterocycles. The quantitative estimate of drug-likeness (QED) is 0.708. The van der Waals surface area contributed by atoms with Crippen molar-refractivity contribution in [2.24, 2.45) is 0 Å². The van der Waals surface area contributed by atoms with Gasteiger partial charge in [-0.25, -0.2) is 0 Å². The van der Waals surface area contributed by atoms with Crippen LogP contribution in [0.3, 0.4) is 0 Å². The molecule has 3 N–H and O–H groups in total. The van der Waals surface area contributed by atoms with E-state index in [2.05, 4.69) is 19.2 Å². The Balaban J connectivity index is 2.85. The van der Waals surface area contributed by atoms with E-state index in [4.69, 9.17) is 4.74 Å². The number of phenols is 1. The van der Waals surface area contributed by atoms with Crippen LogP contribution in [0.25, 0.3) is 0 Å². The van der Waals surface area contributed by atoms with E-state index in [-0.39, 0.29) is 18.4 Å². The number of benzene rings is 1. The van der Waals surface area contributed by atoms with Crippen molar-refractivity contribution in [1.82, 2.24) is 5.32 Å². The second-order valence-electron chi connectivity index (χ2n) is 4.14. The van der Waals surface area contributed by atoms with Crippen LogP contribution in [0.5, 0.6) is 11.5 Å². The summed E-state index contributed by atoms with van der Waals surface area (Å²) < 4.78 is 4.98. The molecule has 0 aliphatic rings. The first-order valence-corrected chi connectivity index (χ1v) is 5.86. The summed E-state index contributed by atoms with van der Waals surface area (Å²) >= 11 is 0. The van der Waals surface area contributed by atoms with Crippen molar-refractivity contribution in [2.75, 3.05) is 13.7 Å². The van der Waals surface area contributed by atoms with E-state index < -0.39 is 0 Å². The van der Waals surface area contributed by atoms with E-state index in [1.165, 1.54) is 7.11 Å². The van der Waals surface area contributed by atoms with Crippen LogP contribution in [-0.4, -0.2) is 30.0 Å². The zero-order valence-corrected chi connectivity index (χ0v) is 10.6. The van der Waals surface area contributed by atoms with Crippen molar-refractivity contribution in [3.05, 3.63) is 23.8 Å². The van der Waals surface area contributed by atoms with E-state index in [1.54, 1.807) is 12.1 Å². The summed E-state index contributed by atoms with van der Waals surface area (Å²) in [5.41, 5.74) is 0.853. The first kappa shape index (κ1) is 13.8. The van der Waals surface area contributed by atoms with Gasteiger partial charge in [-0.1, -0.05) is 13.0 Å². The number of rotatable bonds is 6. The average Bonchev–Trinajstić information content (AvgIpc) is 2.35. The van der Waals surface area contributed by atoms with Gasteiger partial charge in [-0.15, -0.1) is 0 Å². The molecule has 0 aliphatic heterocycles. The highest BCUT2D eigenvalue weighted by Crippen LogP contribution is 2.28. The average molecular weight is 239 g/mol. The maximum Gasteiger partial charge on any atom is 0.160 e. The van der Waals surface area contributed by atoms with Crippen molar-refractivity contribution < 1.29 is 14.9 Å². The smallest absolute Gasteiger partial charge is 0.160 e. The van der Waals surface area contributed by atoms with Gasteiger partial charge in [0.1, 0.15) is 0 Å². The molecule has 1 aromatic rings. The lowest BCUT2D eigenvalue weighted by atomic mass is 10.1. The van der Waals surface area contributed by atoms with Gasteiger partial charge in [-0.05, 0) is 31.0 Å². The lowest BCUT2D eigenvalue weighted by molar-refractivity contribution is 0.233. The molecule has 2 atom stereocenters. The lowest BCUT2D eigenvalue weighted by Crippen LogP contribution is -2.32. The molecule has 1 aromatic carbocycles. The molecule has 0 amide bonds. The van der Waals surface area contributed by atoms with Crippen LogP contribution in [-0.2, 0) is 0 Å². The molecular formula is C13H21NO3. The van der Waals surface area contributed by atoms with Crippen LogP contribution in [0.15, 0.2) is 18.2 Å². The maximum absolute atomic E-state index is 9.69. The molecule has 0 spiro atoms. The maximum atomic E-state index is 9.69. The Morgan fingerprint density at radius 2 is 2.12 bits per heavy atom. The number of aliphatic hydroxyl groups excluding tert-OH is 1. The van der Waals surface area contributed by atoms with Gasteiger partial charge in [0, 0.05) is 6.04 Å². The molecular weight excluding hydrogens is 218 g/mol. The minimum atomic E-state index is -0.165. The fraction of sp³-hybridized carbons (Fsp3) is 0.538. The molecule has 4 heteroatoms. The van der Waals surface area contributed by atoms with Crippen LogP contribution in [0.1, 0.15) is 31.9 Å². The number of hydrogen-bond acceptors (Lipinski definition) is 4. The Bertz CT molecular complexity index is 355. The van der Waals surface area contributed by atoms with Gasteiger partial charge in [-0.2, -0.15) is 0 Å². The molecule has 96 valence electrons. The number of aliphatic hydroxyl groups is 1. The largest absolute Gasteiger partial charge is 0.504 e. The summed E-state index contributed by atoms with van der Waals surface area (Å²) in [7, 11) is 1.51. The second-order valence-corrected chi connectivity index (χ2v) is 4.14. The van der Waals surface area contributed by atoms with Gasteiger partial charge in [0.05, 0.1) is 19.8 Å². The zero-order valence-electron chi connectivity index (χ0n) is 10.6. The summed E-state index contributed by atoms with van der Waals surface area (Å²) in [5, 5.41) is 22.4. The molecule has 2 unspecified atom stereocenters. The molecule has 0 aliphatic carbocycles. The van der Waals surface area contributed by atoms with Gasteiger partial charge in [-0.3, -0.25) is 0 Å². The topological polar surface area (TPSA) is 61.7 Å². The Labute approximate surface area is 102 Å². The van der Waals surface area contributed by atoms with Gasteiger partial charge >= 0.3 is 0 Å². The van der Waals surface area contributed by atoms with Crippen LogP contribution < -0.4 is 10.1 Å². The molecule has 0 radical (unpaired) electrons. The van der Waals surface area contributed by atoms with Crippen LogP contribution >= 0.6 is 0 Å². The standard InChI is InChI=1S/C13H21NO3/c1-4-9(2)14-11(8-15)10-5-6-13(17-3)12(16)7-10/h5-7,9,11,14-16H,4,8H2,1-3H3. The normalized spacial score (nSPS) is 14.4. The third-order valence-electron chi connectivity index (χ3n) is 2.89. The highest BCUT2D eigenvalue weighted by molar-refractivity contribution is 5.42. The summed E-state index contributed by atoms with van der Waals surface area (Å²) in [6.07, 6.45) is 0.985. The van der Waals surface area contributed by atoms with Gasteiger partial charge in [0.25, 0.3) is 0 Å². The zero-order chi connectivity index (χ0) is 12.8. The van der Waals surface area contributed by atoms with Crippen molar-refractivity contribution in [2.45, 2.75) is 32.4 Å². The number of ether oxygens (including phenoxy) is 1. The van der Waals surface area contributed by atoms with Gasteiger partial charge in [0.15, 0.2) is 11.5 Å². The summed E-state index contributed by atoms with van der Waals surface area (Å²) in [6.45, 7) is 4.14. The number of methoxy groups -OCH3 is 1. The van der Waals surface area contributed by atoms with Crippen molar-refractivity contribution in [3.8, 4) is 11.5 Å². The number of phenolic OH excluding ortho intramolecular Hbond substituents is 1. The third-order valence-corrected chi connectivity index (χ3v) is 2.89. The van der Waals surface area contributed by atoms with E-state index >= 15 is 0 Å². The van der Waals surface area contributed by atoms with E-state index in [0.29, 0.717) is 11.8 Å². The molecule has 0 bridgehead atoms. The van der Waals surface area contributed by atoms with Crippen LogP contribution in [0.4, 0.5) is 0 Å². The van der Waals surface area contributed by atoms with Crippen LogP contribution in [0, 0.1) is 0 Å². The summed E-state index contributed by atoms with van der Waals surface area (Å²) in [5.74, 6) is 0.531. The first-order valence-electron chi connectivity index (χ1n) is 5.86.